The lowest BCUT2D eigenvalue weighted by atomic mass is 9.83. The third-order valence-corrected chi connectivity index (χ3v) is 7.69. The first-order valence-electron chi connectivity index (χ1n) is 13.3. The Labute approximate surface area is 207 Å². The highest BCUT2D eigenvalue weighted by Gasteiger charge is 2.39. The van der Waals surface area contributed by atoms with Crippen LogP contribution in [0.3, 0.4) is 0 Å². The summed E-state index contributed by atoms with van der Waals surface area (Å²) in [5, 5.41) is 3.25. The third-order valence-electron chi connectivity index (χ3n) is 7.69. The molecule has 1 amide bonds. The van der Waals surface area contributed by atoms with E-state index in [1.807, 2.05) is 4.90 Å². The van der Waals surface area contributed by atoms with Crippen LogP contribution in [0.4, 0.5) is 0 Å². The highest BCUT2D eigenvalue weighted by molar-refractivity contribution is 6.02. The SMILES string of the molecule is CC(C)CNCC(=O)N1CCC([C@@H]2COC(=O)C(C)(C)C(=O)CCC(C)C[C@@H](C)CN2C)CC1. The molecule has 0 saturated carbocycles. The maximum atomic E-state index is 12.9. The number of amides is 1. The molecule has 2 aliphatic rings. The molecule has 0 aliphatic carbocycles. The Hall–Kier alpha value is -1.47. The molecular formula is C27H49N3O4. The van der Waals surface area contributed by atoms with Crippen LogP contribution < -0.4 is 5.32 Å². The van der Waals surface area contributed by atoms with Crippen molar-refractivity contribution in [2.45, 2.75) is 79.7 Å². The smallest absolute Gasteiger partial charge is 0.319 e. The summed E-state index contributed by atoms with van der Waals surface area (Å²) < 4.78 is 5.80. The molecule has 196 valence electrons. The Balaban J connectivity index is 2.06. The summed E-state index contributed by atoms with van der Waals surface area (Å²) >= 11 is 0. The topological polar surface area (TPSA) is 79.0 Å². The summed E-state index contributed by atoms with van der Waals surface area (Å²) in [5.74, 6) is 1.52. The van der Waals surface area contributed by atoms with Gasteiger partial charge in [-0.25, -0.2) is 0 Å². The van der Waals surface area contributed by atoms with Gasteiger partial charge in [0.15, 0.2) is 0 Å². The van der Waals surface area contributed by atoms with Crippen LogP contribution in [0, 0.1) is 29.1 Å². The molecule has 34 heavy (non-hydrogen) atoms. The van der Waals surface area contributed by atoms with E-state index in [-0.39, 0.29) is 17.7 Å². The molecule has 0 spiro atoms. The Morgan fingerprint density at radius 2 is 1.76 bits per heavy atom. The molecule has 0 aromatic carbocycles. The summed E-state index contributed by atoms with van der Waals surface area (Å²) in [5.41, 5.74) is -1.11. The maximum Gasteiger partial charge on any atom is 0.319 e. The zero-order valence-corrected chi connectivity index (χ0v) is 22.7. The van der Waals surface area contributed by atoms with Gasteiger partial charge in [0.25, 0.3) is 0 Å². The molecule has 1 unspecified atom stereocenters. The normalized spacial score (nSPS) is 28.7. The van der Waals surface area contributed by atoms with Crippen molar-refractivity contribution in [2.75, 3.05) is 46.4 Å². The van der Waals surface area contributed by atoms with E-state index in [0.717, 1.165) is 51.9 Å². The van der Waals surface area contributed by atoms with E-state index in [1.54, 1.807) is 13.8 Å². The number of piperidine rings is 1. The van der Waals surface area contributed by atoms with Crippen LogP contribution in [0.2, 0.25) is 0 Å². The Kier molecular flexibility index (Phi) is 11.0. The molecular weight excluding hydrogens is 430 g/mol. The second kappa shape index (κ2) is 13.0. The molecule has 1 N–H and O–H groups in total. The van der Waals surface area contributed by atoms with E-state index in [0.29, 0.717) is 43.2 Å². The van der Waals surface area contributed by atoms with E-state index in [2.05, 4.69) is 45.0 Å². The van der Waals surface area contributed by atoms with Crippen LogP contribution in [0.5, 0.6) is 0 Å². The number of hydrogen-bond acceptors (Lipinski definition) is 6. The van der Waals surface area contributed by atoms with Gasteiger partial charge in [-0.05, 0) is 76.8 Å². The van der Waals surface area contributed by atoms with Gasteiger partial charge in [-0.1, -0.05) is 27.7 Å². The zero-order valence-electron chi connectivity index (χ0n) is 22.7. The number of rotatable bonds is 5. The minimum absolute atomic E-state index is 0.0287. The number of carbonyl (C=O) groups excluding carboxylic acids is 3. The average Bonchev–Trinajstić information content (AvgIpc) is 2.76. The van der Waals surface area contributed by atoms with Crippen molar-refractivity contribution < 1.29 is 19.1 Å². The van der Waals surface area contributed by atoms with Crippen molar-refractivity contribution in [3.05, 3.63) is 0 Å². The van der Waals surface area contributed by atoms with Crippen molar-refractivity contribution in [1.29, 1.82) is 0 Å². The standard InChI is InChI=1S/C27H49N3O4/c1-19(2)15-28-16-25(32)30-12-10-22(11-13-30)23-18-34-26(33)27(5,6)24(31)9-8-20(3)14-21(4)17-29(23)7/h19-23,28H,8-18H2,1-7H3/t20?,21-,23+/m1/s1. The lowest BCUT2D eigenvalue weighted by molar-refractivity contribution is -0.160. The summed E-state index contributed by atoms with van der Waals surface area (Å²) in [7, 11) is 2.13. The Morgan fingerprint density at radius 3 is 2.38 bits per heavy atom. The van der Waals surface area contributed by atoms with E-state index in [1.165, 1.54) is 0 Å². The fraction of sp³-hybridized carbons (Fsp3) is 0.889. The van der Waals surface area contributed by atoms with Crippen LogP contribution in [-0.2, 0) is 19.1 Å². The number of carbonyl (C=O) groups is 3. The molecule has 7 nitrogen and oxygen atoms in total. The predicted octanol–water partition coefficient (Wildman–Crippen LogP) is 3.37. The van der Waals surface area contributed by atoms with Gasteiger partial charge in [0.2, 0.25) is 5.91 Å². The first-order chi connectivity index (χ1) is 15.9. The Morgan fingerprint density at radius 1 is 1.12 bits per heavy atom. The number of likely N-dealkylation sites (tertiary alicyclic amines) is 1. The molecule has 2 fully saturated rings. The largest absolute Gasteiger partial charge is 0.463 e. The van der Waals surface area contributed by atoms with Crippen molar-refractivity contribution in [1.82, 2.24) is 15.1 Å². The zero-order chi connectivity index (χ0) is 25.5. The van der Waals surface area contributed by atoms with Crippen LogP contribution >= 0.6 is 0 Å². The lowest BCUT2D eigenvalue weighted by Gasteiger charge is -2.40. The summed E-state index contributed by atoms with van der Waals surface area (Å²) in [6, 6.07) is 0.0877. The van der Waals surface area contributed by atoms with Gasteiger partial charge in [0, 0.05) is 32.1 Å². The quantitative estimate of drug-likeness (QED) is 0.481. The van der Waals surface area contributed by atoms with Crippen molar-refractivity contribution in [3.63, 3.8) is 0 Å². The van der Waals surface area contributed by atoms with Gasteiger partial charge in [0.05, 0.1) is 6.54 Å². The monoisotopic (exact) mass is 479 g/mol. The minimum Gasteiger partial charge on any atom is -0.463 e. The maximum absolute atomic E-state index is 12.9. The molecule has 7 heteroatoms. The van der Waals surface area contributed by atoms with E-state index >= 15 is 0 Å². The predicted molar refractivity (Wildman–Crippen MR) is 135 cm³/mol. The number of likely N-dealkylation sites (N-methyl/N-ethyl adjacent to an activating group) is 1. The first-order valence-corrected chi connectivity index (χ1v) is 13.3. The van der Waals surface area contributed by atoms with Crippen molar-refractivity contribution in [3.8, 4) is 0 Å². The number of ether oxygens (including phenoxy) is 1. The Bertz CT molecular complexity index is 685. The molecule has 3 atom stereocenters. The number of cyclic esters (lactones) is 1. The van der Waals surface area contributed by atoms with E-state index in [9.17, 15) is 14.4 Å². The number of esters is 1. The van der Waals surface area contributed by atoms with Gasteiger partial charge in [0.1, 0.15) is 17.8 Å². The van der Waals surface area contributed by atoms with Crippen LogP contribution in [-0.4, -0.2) is 79.9 Å². The molecule has 2 saturated heterocycles. The van der Waals surface area contributed by atoms with Crippen molar-refractivity contribution >= 4 is 17.7 Å². The molecule has 2 rings (SSSR count). The number of nitrogens with zero attached hydrogens (tertiary/aromatic N) is 2. The third kappa shape index (κ3) is 8.33. The summed E-state index contributed by atoms with van der Waals surface area (Å²) in [4.78, 5) is 42.6. The fourth-order valence-electron chi connectivity index (χ4n) is 5.39. The van der Waals surface area contributed by atoms with Crippen LogP contribution in [0.25, 0.3) is 0 Å². The highest BCUT2D eigenvalue weighted by atomic mass is 16.5. The van der Waals surface area contributed by atoms with Crippen LogP contribution in [0.1, 0.15) is 73.6 Å². The molecule has 2 heterocycles. The minimum atomic E-state index is -1.11. The number of hydrogen-bond donors (Lipinski definition) is 1. The van der Waals surface area contributed by atoms with Gasteiger partial charge in [-0.3, -0.25) is 19.3 Å². The van der Waals surface area contributed by atoms with Gasteiger partial charge in [-0.15, -0.1) is 0 Å². The van der Waals surface area contributed by atoms with Crippen LogP contribution in [0.15, 0.2) is 0 Å². The second-order valence-electron chi connectivity index (χ2n) is 11.9. The molecule has 0 radical (unpaired) electrons. The molecule has 2 aliphatic heterocycles. The van der Waals surface area contributed by atoms with Gasteiger partial charge in [-0.2, -0.15) is 0 Å². The molecule has 0 aromatic rings. The van der Waals surface area contributed by atoms with Crippen molar-refractivity contribution in [2.24, 2.45) is 29.1 Å². The second-order valence-corrected chi connectivity index (χ2v) is 11.9. The van der Waals surface area contributed by atoms with Gasteiger partial charge < -0.3 is 15.0 Å². The average molecular weight is 480 g/mol. The summed E-state index contributed by atoms with van der Waals surface area (Å²) in [6.45, 7) is 16.1. The van der Waals surface area contributed by atoms with Gasteiger partial charge >= 0.3 is 5.97 Å². The number of nitrogens with one attached hydrogen (secondary N) is 1. The summed E-state index contributed by atoms with van der Waals surface area (Å²) in [6.07, 6.45) is 4.10. The highest BCUT2D eigenvalue weighted by Crippen LogP contribution is 2.29. The number of ketones is 1. The van der Waals surface area contributed by atoms with E-state index < -0.39 is 11.4 Å². The van der Waals surface area contributed by atoms with E-state index in [4.69, 9.17) is 4.74 Å². The fourth-order valence-corrected chi connectivity index (χ4v) is 5.39. The first kappa shape index (κ1) is 28.8. The number of Topliss-reactive ketones (excluding diaryl/α,β-unsaturated/α-hetero) is 1. The lowest BCUT2D eigenvalue weighted by Crippen LogP contribution is -2.50. The molecule has 0 aromatic heterocycles. The molecule has 0 bridgehead atoms.